The van der Waals surface area contributed by atoms with Gasteiger partial charge in [-0.25, -0.2) is 13.1 Å². The number of carbonyl (C=O) groups excluding carboxylic acids is 1. The first-order valence-electron chi connectivity index (χ1n) is 11.3. The van der Waals surface area contributed by atoms with Gasteiger partial charge in [0.15, 0.2) is 0 Å². The number of nitrogens with one attached hydrogen (secondary N) is 2. The van der Waals surface area contributed by atoms with Crippen molar-refractivity contribution in [3.63, 3.8) is 0 Å². The van der Waals surface area contributed by atoms with Gasteiger partial charge in [0.05, 0.1) is 11.0 Å². The standard InChI is InChI=1S/C24H31N3O4S2/c1-18-14-19(17-27-9-12-32-13-10-27)7-8-23(18)26-24(28)20-4-2-6-22(15-20)33(29,30)25-16-21-5-3-11-31-21/h2,4,6-8,14-15,21,25H,3,5,9-13,16-17H2,1H3,(H,26,28). The van der Waals surface area contributed by atoms with Crippen LogP contribution in [0.3, 0.4) is 0 Å². The molecule has 0 aliphatic carbocycles. The average molecular weight is 490 g/mol. The van der Waals surface area contributed by atoms with Crippen LogP contribution in [0.4, 0.5) is 5.69 Å². The van der Waals surface area contributed by atoms with Gasteiger partial charge in [-0.15, -0.1) is 0 Å². The van der Waals surface area contributed by atoms with Crippen molar-refractivity contribution in [1.82, 2.24) is 9.62 Å². The lowest BCUT2D eigenvalue weighted by Gasteiger charge is -2.26. The molecule has 9 heteroatoms. The maximum atomic E-state index is 12.9. The summed E-state index contributed by atoms with van der Waals surface area (Å²) < 4.78 is 33.4. The van der Waals surface area contributed by atoms with Gasteiger partial charge in [-0.05, 0) is 55.2 Å². The van der Waals surface area contributed by atoms with E-state index >= 15 is 0 Å². The van der Waals surface area contributed by atoms with Crippen molar-refractivity contribution in [3.05, 3.63) is 59.2 Å². The van der Waals surface area contributed by atoms with Crippen LogP contribution in [0.1, 0.15) is 34.3 Å². The van der Waals surface area contributed by atoms with Crippen LogP contribution in [0, 0.1) is 6.92 Å². The SMILES string of the molecule is Cc1cc(CN2CCSCC2)ccc1NC(=O)c1cccc(S(=O)(=O)NCC2CCCO2)c1. The second-order valence-electron chi connectivity index (χ2n) is 8.51. The summed E-state index contributed by atoms with van der Waals surface area (Å²) in [6.07, 6.45) is 1.70. The van der Waals surface area contributed by atoms with Gasteiger partial charge >= 0.3 is 0 Å². The average Bonchev–Trinajstić information content (AvgIpc) is 3.34. The monoisotopic (exact) mass is 489 g/mol. The lowest BCUT2D eigenvalue weighted by molar-refractivity contribution is 0.102. The Bertz CT molecular complexity index is 1080. The quantitative estimate of drug-likeness (QED) is 0.592. The zero-order valence-corrected chi connectivity index (χ0v) is 20.5. The van der Waals surface area contributed by atoms with E-state index in [2.05, 4.69) is 21.0 Å². The number of rotatable bonds is 8. The van der Waals surface area contributed by atoms with Crippen LogP contribution in [0.15, 0.2) is 47.4 Å². The number of hydrogen-bond donors (Lipinski definition) is 2. The molecular formula is C24H31N3O4S2. The summed E-state index contributed by atoms with van der Waals surface area (Å²) >= 11 is 1.99. The lowest BCUT2D eigenvalue weighted by atomic mass is 10.1. The molecule has 2 aliphatic rings. The largest absolute Gasteiger partial charge is 0.377 e. The zero-order chi connectivity index (χ0) is 23.3. The minimum atomic E-state index is -3.72. The van der Waals surface area contributed by atoms with Gasteiger partial charge in [0, 0.05) is 55.5 Å². The fourth-order valence-corrected chi connectivity index (χ4v) is 6.16. The van der Waals surface area contributed by atoms with Crippen molar-refractivity contribution in [2.24, 2.45) is 0 Å². The molecule has 2 heterocycles. The van der Waals surface area contributed by atoms with Crippen molar-refractivity contribution >= 4 is 33.4 Å². The second kappa shape index (κ2) is 11.0. The summed E-state index contributed by atoms with van der Waals surface area (Å²) in [6, 6.07) is 12.2. The number of sulfonamides is 1. The Balaban J connectivity index is 1.39. The Labute approximate surface area is 200 Å². The second-order valence-corrected chi connectivity index (χ2v) is 11.5. The number of benzene rings is 2. The maximum absolute atomic E-state index is 12.9. The third-order valence-electron chi connectivity index (χ3n) is 5.98. The van der Waals surface area contributed by atoms with Crippen molar-refractivity contribution in [1.29, 1.82) is 0 Å². The van der Waals surface area contributed by atoms with Gasteiger partial charge in [0.1, 0.15) is 0 Å². The molecule has 33 heavy (non-hydrogen) atoms. The van der Waals surface area contributed by atoms with E-state index < -0.39 is 10.0 Å². The Morgan fingerprint density at radius 3 is 2.73 bits per heavy atom. The number of amides is 1. The first kappa shape index (κ1) is 24.2. The highest BCUT2D eigenvalue weighted by Gasteiger charge is 2.21. The van der Waals surface area contributed by atoms with Crippen molar-refractivity contribution in [2.75, 3.05) is 43.1 Å². The van der Waals surface area contributed by atoms with Crippen LogP contribution >= 0.6 is 11.8 Å². The third-order valence-corrected chi connectivity index (χ3v) is 8.34. The molecule has 2 aliphatic heterocycles. The van der Waals surface area contributed by atoms with Crippen LogP contribution in [-0.2, 0) is 21.3 Å². The van der Waals surface area contributed by atoms with Gasteiger partial charge in [-0.1, -0.05) is 18.2 Å². The summed E-state index contributed by atoms with van der Waals surface area (Å²) in [5.74, 6) is 2.01. The van der Waals surface area contributed by atoms with Gasteiger partial charge in [-0.3, -0.25) is 9.69 Å². The highest BCUT2D eigenvalue weighted by molar-refractivity contribution is 7.99. The van der Waals surface area contributed by atoms with Crippen molar-refractivity contribution in [3.8, 4) is 0 Å². The molecule has 1 unspecified atom stereocenters. The lowest BCUT2D eigenvalue weighted by Crippen LogP contribution is -2.32. The Morgan fingerprint density at radius 2 is 2.00 bits per heavy atom. The number of anilines is 1. The third kappa shape index (κ3) is 6.58. The first-order chi connectivity index (χ1) is 15.9. The molecule has 2 saturated heterocycles. The van der Waals surface area contributed by atoms with E-state index in [-0.39, 0.29) is 23.5 Å². The van der Waals surface area contributed by atoms with Gasteiger partial charge in [0.25, 0.3) is 5.91 Å². The van der Waals surface area contributed by atoms with Crippen LogP contribution in [0.25, 0.3) is 0 Å². The van der Waals surface area contributed by atoms with Crippen LogP contribution in [-0.4, -0.2) is 63.1 Å². The zero-order valence-electron chi connectivity index (χ0n) is 18.9. The predicted molar refractivity (Wildman–Crippen MR) is 132 cm³/mol. The first-order valence-corrected chi connectivity index (χ1v) is 14.0. The molecule has 0 saturated carbocycles. The van der Waals surface area contributed by atoms with Crippen molar-refractivity contribution < 1.29 is 17.9 Å². The molecule has 7 nitrogen and oxygen atoms in total. The van der Waals surface area contributed by atoms with E-state index in [0.29, 0.717) is 12.2 Å². The number of carbonyl (C=O) groups is 1. The van der Waals surface area contributed by atoms with E-state index in [0.717, 1.165) is 43.7 Å². The van der Waals surface area contributed by atoms with Crippen LogP contribution in [0.2, 0.25) is 0 Å². The maximum Gasteiger partial charge on any atom is 0.255 e. The molecule has 0 spiro atoms. The normalized spacial score (nSPS) is 19.5. The Hall–Kier alpha value is -1.91. The molecule has 2 aromatic carbocycles. The van der Waals surface area contributed by atoms with Crippen LogP contribution in [0.5, 0.6) is 0 Å². The van der Waals surface area contributed by atoms with Gasteiger partial charge in [-0.2, -0.15) is 11.8 Å². The fourth-order valence-electron chi connectivity index (χ4n) is 4.07. The molecule has 0 radical (unpaired) electrons. The molecule has 1 atom stereocenters. The molecule has 4 rings (SSSR count). The van der Waals surface area contributed by atoms with Crippen LogP contribution < -0.4 is 10.0 Å². The molecule has 0 aromatic heterocycles. The topological polar surface area (TPSA) is 87.7 Å². The number of aryl methyl sites for hydroxylation is 1. The van der Waals surface area contributed by atoms with Gasteiger partial charge in [0.2, 0.25) is 10.0 Å². The fraction of sp³-hybridized carbons (Fsp3) is 0.458. The molecule has 1 amide bonds. The smallest absolute Gasteiger partial charge is 0.255 e. The van der Waals surface area contributed by atoms with E-state index in [1.165, 1.54) is 29.2 Å². The summed E-state index contributed by atoms with van der Waals surface area (Å²) in [6.45, 7) is 5.99. The number of hydrogen-bond acceptors (Lipinski definition) is 6. The Morgan fingerprint density at radius 1 is 1.18 bits per heavy atom. The number of ether oxygens (including phenoxy) is 1. The summed E-state index contributed by atoms with van der Waals surface area (Å²) in [5, 5.41) is 2.92. The molecule has 0 bridgehead atoms. The summed E-state index contributed by atoms with van der Waals surface area (Å²) in [7, 11) is -3.72. The summed E-state index contributed by atoms with van der Waals surface area (Å²) in [4.78, 5) is 15.4. The minimum absolute atomic E-state index is 0.0694. The van der Waals surface area contributed by atoms with Gasteiger partial charge < -0.3 is 10.1 Å². The Kier molecular flexibility index (Phi) is 8.08. The minimum Gasteiger partial charge on any atom is -0.377 e. The van der Waals surface area contributed by atoms with Crippen molar-refractivity contribution in [2.45, 2.75) is 37.3 Å². The number of thioether (sulfide) groups is 1. The van der Waals surface area contributed by atoms with E-state index in [9.17, 15) is 13.2 Å². The molecular weight excluding hydrogens is 458 g/mol. The van der Waals surface area contributed by atoms with E-state index in [1.54, 1.807) is 12.1 Å². The highest BCUT2D eigenvalue weighted by Crippen LogP contribution is 2.21. The van der Waals surface area contributed by atoms with E-state index in [4.69, 9.17) is 4.74 Å². The molecule has 2 N–H and O–H groups in total. The molecule has 2 fully saturated rings. The highest BCUT2D eigenvalue weighted by atomic mass is 32.2. The predicted octanol–water partition coefficient (Wildman–Crippen LogP) is 3.25. The molecule has 178 valence electrons. The summed E-state index contributed by atoms with van der Waals surface area (Å²) in [5.41, 5.74) is 3.23. The van der Waals surface area contributed by atoms with E-state index in [1.807, 2.05) is 30.8 Å². The molecule has 2 aromatic rings. The number of nitrogens with zero attached hydrogens (tertiary/aromatic N) is 1.